The third-order valence-electron chi connectivity index (χ3n) is 3.96. The second-order valence-corrected chi connectivity index (χ2v) is 5.77. The molecule has 0 saturated heterocycles. The van der Waals surface area contributed by atoms with Crippen LogP contribution in [0.5, 0.6) is 0 Å². The van der Waals surface area contributed by atoms with Gasteiger partial charge in [-0.2, -0.15) is 0 Å². The summed E-state index contributed by atoms with van der Waals surface area (Å²) in [7, 11) is 0. The zero-order valence-electron chi connectivity index (χ0n) is 11.1. The minimum absolute atomic E-state index is 0.383. The summed E-state index contributed by atoms with van der Waals surface area (Å²) < 4.78 is 5.82. The van der Waals surface area contributed by atoms with Gasteiger partial charge in [0.15, 0.2) is 0 Å². The molecule has 1 aliphatic carbocycles. The van der Waals surface area contributed by atoms with Crippen LogP contribution in [-0.2, 0) is 4.74 Å². The summed E-state index contributed by atoms with van der Waals surface area (Å²) in [5, 5.41) is 0. The van der Waals surface area contributed by atoms with Crippen molar-refractivity contribution in [1.29, 1.82) is 0 Å². The number of rotatable bonds is 4. The van der Waals surface area contributed by atoms with E-state index in [0.717, 1.165) is 30.3 Å². The van der Waals surface area contributed by atoms with Gasteiger partial charge in [0.25, 0.3) is 0 Å². The van der Waals surface area contributed by atoms with Gasteiger partial charge in [-0.1, -0.05) is 27.2 Å². The van der Waals surface area contributed by atoms with Gasteiger partial charge in [0, 0.05) is 0 Å². The van der Waals surface area contributed by atoms with E-state index >= 15 is 0 Å². The molecule has 1 saturated carbocycles. The first-order valence-electron chi connectivity index (χ1n) is 6.66. The Morgan fingerprint density at radius 2 is 1.87 bits per heavy atom. The Bertz CT molecular complexity index is 176. The molecular formula is C14H28O. The molecule has 0 amide bonds. The summed E-state index contributed by atoms with van der Waals surface area (Å²) in [6.07, 6.45) is 4.50. The second-order valence-electron chi connectivity index (χ2n) is 5.77. The fraction of sp³-hybridized carbons (Fsp3) is 1.00. The average molecular weight is 212 g/mol. The van der Waals surface area contributed by atoms with Crippen molar-refractivity contribution >= 4 is 0 Å². The lowest BCUT2D eigenvalue weighted by Gasteiger charge is -2.39. The van der Waals surface area contributed by atoms with Crippen LogP contribution in [0.4, 0.5) is 0 Å². The maximum atomic E-state index is 5.82. The van der Waals surface area contributed by atoms with E-state index in [1.54, 1.807) is 0 Å². The molecule has 1 aliphatic rings. The monoisotopic (exact) mass is 212 g/mol. The summed E-state index contributed by atoms with van der Waals surface area (Å²) in [5.74, 6) is 3.45. The Balaban J connectivity index is 2.50. The molecule has 0 radical (unpaired) electrons. The molecule has 1 fully saturated rings. The van der Waals surface area contributed by atoms with E-state index in [4.69, 9.17) is 4.74 Å². The predicted octanol–water partition coefficient (Wildman–Crippen LogP) is 4.12. The van der Waals surface area contributed by atoms with Gasteiger partial charge in [-0.05, 0) is 50.4 Å². The Kier molecular flexibility index (Phi) is 5.11. The first-order valence-corrected chi connectivity index (χ1v) is 6.66. The quantitative estimate of drug-likeness (QED) is 0.681. The smallest absolute Gasteiger partial charge is 0.0519 e. The maximum absolute atomic E-state index is 5.82. The Morgan fingerprint density at radius 3 is 2.40 bits per heavy atom. The van der Waals surface area contributed by atoms with E-state index < -0.39 is 0 Å². The van der Waals surface area contributed by atoms with Crippen molar-refractivity contribution in [2.75, 3.05) is 6.61 Å². The van der Waals surface area contributed by atoms with Crippen LogP contribution < -0.4 is 0 Å². The molecule has 4 unspecified atom stereocenters. The van der Waals surface area contributed by atoms with E-state index in [2.05, 4.69) is 34.6 Å². The van der Waals surface area contributed by atoms with Crippen LogP contribution in [0.3, 0.4) is 0 Å². The van der Waals surface area contributed by atoms with E-state index in [0.29, 0.717) is 6.10 Å². The van der Waals surface area contributed by atoms with E-state index in [-0.39, 0.29) is 0 Å². The second kappa shape index (κ2) is 5.89. The predicted molar refractivity (Wildman–Crippen MR) is 65.9 cm³/mol. The normalized spacial score (nSPS) is 37.2. The SMILES string of the molecule is CCC1CC(C)CC(C)C1COC(C)C. The van der Waals surface area contributed by atoms with Crippen LogP contribution in [0.1, 0.15) is 53.9 Å². The summed E-state index contributed by atoms with van der Waals surface area (Å²) in [6.45, 7) is 12.4. The van der Waals surface area contributed by atoms with Gasteiger partial charge in [0.1, 0.15) is 0 Å². The van der Waals surface area contributed by atoms with Crippen molar-refractivity contribution in [3.8, 4) is 0 Å². The zero-order valence-corrected chi connectivity index (χ0v) is 11.1. The van der Waals surface area contributed by atoms with Gasteiger partial charge in [0.05, 0.1) is 12.7 Å². The fourth-order valence-corrected chi connectivity index (χ4v) is 3.14. The van der Waals surface area contributed by atoms with Crippen molar-refractivity contribution in [3.63, 3.8) is 0 Å². The first kappa shape index (κ1) is 13.0. The first-order chi connectivity index (χ1) is 7.04. The number of ether oxygens (including phenoxy) is 1. The zero-order chi connectivity index (χ0) is 11.4. The highest BCUT2D eigenvalue weighted by Crippen LogP contribution is 2.39. The van der Waals surface area contributed by atoms with Crippen LogP contribution in [0.15, 0.2) is 0 Å². The summed E-state index contributed by atoms with van der Waals surface area (Å²) >= 11 is 0. The average Bonchev–Trinajstić information content (AvgIpc) is 2.14. The Hall–Kier alpha value is -0.0400. The van der Waals surface area contributed by atoms with Crippen LogP contribution >= 0.6 is 0 Å². The summed E-state index contributed by atoms with van der Waals surface area (Å²) in [6, 6.07) is 0. The van der Waals surface area contributed by atoms with Gasteiger partial charge in [-0.15, -0.1) is 0 Å². The minimum Gasteiger partial charge on any atom is -0.378 e. The third-order valence-corrected chi connectivity index (χ3v) is 3.96. The molecule has 0 N–H and O–H groups in total. The highest BCUT2D eigenvalue weighted by atomic mass is 16.5. The standard InChI is InChI=1S/C14H28O/c1-6-13-8-11(4)7-12(5)14(13)9-15-10(2)3/h10-14H,6-9H2,1-5H3. The topological polar surface area (TPSA) is 9.23 Å². The van der Waals surface area contributed by atoms with Gasteiger partial charge in [0.2, 0.25) is 0 Å². The van der Waals surface area contributed by atoms with Crippen LogP contribution in [0.2, 0.25) is 0 Å². The maximum Gasteiger partial charge on any atom is 0.0519 e. The van der Waals surface area contributed by atoms with Crippen molar-refractivity contribution < 1.29 is 4.74 Å². The minimum atomic E-state index is 0.383. The molecule has 0 bridgehead atoms. The molecule has 90 valence electrons. The van der Waals surface area contributed by atoms with Crippen LogP contribution in [-0.4, -0.2) is 12.7 Å². The lowest BCUT2D eigenvalue weighted by atomic mass is 9.68. The third kappa shape index (κ3) is 3.79. The molecule has 0 aromatic carbocycles. The van der Waals surface area contributed by atoms with E-state index in [1.165, 1.54) is 19.3 Å². The lowest BCUT2D eigenvalue weighted by Crippen LogP contribution is -2.34. The van der Waals surface area contributed by atoms with E-state index in [9.17, 15) is 0 Å². The van der Waals surface area contributed by atoms with Gasteiger partial charge in [-0.3, -0.25) is 0 Å². The van der Waals surface area contributed by atoms with Gasteiger partial charge < -0.3 is 4.74 Å². The highest BCUT2D eigenvalue weighted by Gasteiger charge is 2.32. The van der Waals surface area contributed by atoms with Crippen molar-refractivity contribution in [3.05, 3.63) is 0 Å². The molecule has 0 heterocycles. The van der Waals surface area contributed by atoms with Crippen molar-refractivity contribution in [2.45, 2.75) is 60.0 Å². The molecule has 0 spiro atoms. The molecule has 0 aromatic rings. The molecule has 0 aliphatic heterocycles. The molecule has 0 aromatic heterocycles. The van der Waals surface area contributed by atoms with Gasteiger partial charge >= 0.3 is 0 Å². The lowest BCUT2D eigenvalue weighted by molar-refractivity contribution is -0.00783. The highest BCUT2D eigenvalue weighted by molar-refractivity contribution is 4.82. The summed E-state index contributed by atoms with van der Waals surface area (Å²) in [4.78, 5) is 0. The molecule has 4 atom stereocenters. The van der Waals surface area contributed by atoms with Crippen LogP contribution in [0, 0.1) is 23.7 Å². The molecule has 15 heavy (non-hydrogen) atoms. The Labute approximate surface area is 95.6 Å². The number of hydrogen-bond acceptors (Lipinski definition) is 1. The molecular weight excluding hydrogens is 184 g/mol. The van der Waals surface area contributed by atoms with Crippen molar-refractivity contribution in [1.82, 2.24) is 0 Å². The molecule has 1 nitrogen and oxygen atoms in total. The van der Waals surface area contributed by atoms with E-state index in [1.807, 2.05) is 0 Å². The van der Waals surface area contributed by atoms with Crippen molar-refractivity contribution in [2.24, 2.45) is 23.7 Å². The fourth-order valence-electron chi connectivity index (χ4n) is 3.14. The molecule has 1 rings (SSSR count). The Morgan fingerprint density at radius 1 is 1.20 bits per heavy atom. The largest absolute Gasteiger partial charge is 0.378 e. The molecule has 1 heteroatoms. The number of hydrogen-bond donors (Lipinski definition) is 0. The van der Waals surface area contributed by atoms with Gasteiger partial charge in [-0.25, -0.2) is 0 Å². The summed E-state index contributed by atoms with van der Waals surface area (Å²) in [5.41, 5.74) is 0. The van der Waals surface area contributed by atoms with Crippen LogP contribution in [0.25, 0.3) is 0 Å².